The fourth-order valence-electron chi connectivity index (χ4n) is 2.60. The molecule has 102 valence electrons. The van der Waals surface area contributed by atoms with Crippen molar-refractivity contribution in [2.45, 2.75) is 13.8 Å². The van der Waals surface area contributed by atoms with Gasteiger partial charge in [-0.05, 0) is 17.5 Å². The van der Waals surface area contributed by atoms with Gasteiger partial charge in [-0.15, -0.1) is 0 Å². The summed E-state index contributed by atoms with van der Waals surface area (Å²) in [6.45, 7) is 3.56. The fraction of sp³-hybridized carbons (Fsp3) is 0.429. The van der Waals surface area contributed by atoms with Crippen LogP contribution in [0.2, 0.25) is 0 Å². The van der Waals surface area contributed by atoms with Crippen molar-refractivity contribution < 1.29 is 19.8 Å². The van der Waals surface area contributed by atoms with Gasteiger partial charge in [0.25, 0.3) is 0 Å². The van der Waals surface area contributed by atoms with Gasteiger partial charge in [0.2, 0.25) is 5.91 Å². The van der Waals surface area contributed by atoms with Crippen LogP contribution in [0.5, 0.6) is 5.75 Å². The van der Waals surface area contributed by atoms with Crippen LogP contribution in [-0.2, 0) is 9.59 Å². The summed E-state index contributed by atoms with van der Waals surface area (Å²) in [7, 11) is 1.59. The van der Waals surface area contributed by atoms with E-state index in [-0.39, 0.29) is 11.7 Å². The first-order chi connectivity index (χ1) is 8.76. The summed E-state index contributed by atoms with van der Waals surface area (Å²) in [5.41, 5.74) is 0.0328. The second-order valence-electron chi connectivity index (χ2n) is 5.53. The summed E-state index contributed by atoms with van der Waals surface area (Å²) in [5.74, 6) is -2.25. The molecule has 0 bridgehead atoms. The third-order valence-electron chi connectivity index (χ3n) is 3.91. The number of rotatable bonds is 3. The average Bonchev–Trinajstić information content (AvgIpc) is 2.90. The van der Waals surface area contributed by atoms with E-state index in [1.807, 2.05) is 0 Å². The van der Waals surface area contributed by atoms with Gasteiger partial charge < -0.3 is 15.1 Å². The molecule has 1 aliphatic carbocycles. The Morgan fingerprint density at radius 2 is 1.89 bits per heavy atom. The molecular weight excluding hydrogens is 246 g/mol. The number of phenols is 1. The summed E-state index contributed by atoms with van der Waals surface area (Å²) in [6.07, 6.45) is 0. The Morgan fingerprint density at radius 3 is 2.37 bits per heavy atom. The lowest BCUT2D eigenvalue weighted by molar-refractivity contribution is -0.140. The van der Waals surface area contributed by atoms with E-state index in [2.05, 4.69) is 0 Å². The topological polar surface area (TPSA) is 77.8 Å². The average molecular weight is 263 g/mol. The number of benzene rings is 1. The van der Waals surface area contributed by atoms with Gasteiger partial charge in [-0.2, -0.15) is 0 Å². The van der Waals surface area contributed by atoms with Crippen LogP contribution in [0.4, 0.5) is 5.69 Å². The predicted octanol–water partition coefficient (Wildman–Crippen LogP) is 1.71. The maximum Gasteiger partial charge on any atom is 0.307 e. The third kappa shape index (κ3) is 2.16. The number of hydrogen-bond acceptors (Lipinski definition) is 3. The number of phenolic OH excluding ortho intramolecular Hbond substituents is 1. The van der Waals surface area contributed by atoms with E-state index < -0.39 is 23.2 Å². The molecule has 0 spiro atoms. The highest BCUT2D eigenvalue weighted by atomic mass is 16.4. The zero-order chi connectivity index (χ0) is 14.4. The Hall–Kier alpha value is -2.04. The molecule has 1 aliphatic rings. The van der Waals surface area contributed by atoms with Crippen LogP contribution < -0.4 is 4.90 Å². The molecule has 0 heterocycles. The van der Waals surface area contributed by atoms with Crippen LogP contribution in [0.3, 0.4) is 0 Å². The number of nitrogens with zero attached hydrogens (tertiary/aromatic N) is 1. The minimum Gasteiger partial charge on any atom is -0.508 e. The van der Waals surface area contributed by atoms with E-state index in [0.717, 1.165) is 0 Å². The van der Waals surface area contributed by atoms with E-state index in [1.54, 1.807) is 33.0 Å². The van der Waals surface area contributed by atoms with Gasteiger partial charge in [-0.3, -0.25) is 9.59 Å². The first kappa shape index (κ1) is 13.4. The molecule has 5 heteroatoms. The Labute approximate surface area is 111 Å². The van der Waals surface area contributed by atoms with Crippen LogP contribution in [0.1, 0.15) is 13.8 Å². The lowest BCUT2D eigenvalue weighted by Gasteiger charge is -2.18. The van der Waals surface area contributed by atoms with Crippen molar-refractivity contribution >= 4 is 17.6 Å². The molecule has 1 aromatic carbocycles. The SMILES string of the molecule is CN(C(=O)[C@H]1[C@@H](C(=O)O)C1(C)C)c1cccc(O)c1. The zero-order valence-corrected chi connectivity index (χ0v) is 11.1. The van der Waals surface area contributed by atoms with Crippen LogP contribution >= 0.6 is 0 Å². The molecule has 1 aromatic rings. The number of carbonyl (C=O) groups is 2. The predicted molar refractivity (Wildman–Crippen MR) is 69.9 cm³/mol. The summed E-state index contributed by atoms with van der Waals surface area (Å²) >= 11 is 0. The quantitative estimate of drug-likeness (QED) is 0.870. The van der Waals surface area contributed by atoms with E-state index in [0.29, 0.717) is 5.69 Å². The lowest BCUT2D eigenvalue weighted by atomic mass is 10.1. The van der Waals surface area contributed by atoms with E-state index in [4.69, 9.17) is 5.11 Å². The van der Waals surface area contributed by atoms with E-state index in [9.17, 15) is 14.7 Å². The Kier molecular flexibility index (Phi) is 3.00. The van der Waals surface area contributed by atoms with Gasteiger partial charge in [0.05, 0.1) is 11.8 Å². The van der Waals surface area contributed by atoms with Crippen LogP contribution in [0.25, 0.3) is 0 Å². The molecule has 2 N–H and O–H groups in total. The Bertz CT molecular complexity index is 538. The molecule has 2 atom stereocenters. The van der Waals surface area contributed by atoms with Gasteiger partial charge >= 0.3 is 5.97 Å². The van der Waals surface area contributed by atoms with Gasteiger partial charge in [0.15, 0.2) is 0 Å². The van der Waals surface area contributed by atoms with Crippen molar-refractivity contribution in [1.82, 2.24) is 0 Å². The van der Waals surface area contributed by atoms with Crippen molar-refractivity contribution in [3.05, 3.63) is 24.3 Å². The van der Waals surface area contributed by atoms with Gasteiger partial charge in [-0.25, -0.2) is 0 Å². The molecule has 0 unspecified atom stereocenters. The number of aromatic hydroxyl groups is 1. The standard InChI is InChI=1S/C14H17NO4/c1-14(2)10(11(14)13(18)19)12(17)15(3)8-5-4-6-9(16)7-8/h4-7,10-11,16H,1-3H3,(H,18,19)/t10-,11+/m1/s1. The molecule has 0 aromatic heterocycles. The third-order valence-corrected chi connectivity index (χ3v) is 3.91. The van der Waals surface area contributed by atoms with E-state index >= 15 is 0 Å². The van der Waals surface area contributed by atoms with Crippen LogP contribution in [0, 0.1) is 17.3 Å². The van der Waals surface area contributed by atoms with Crippen molar-refractivity contribution in [3.8, 4) is 5.75 Å². The Morgan fingerprint density at radius 1 is 1.26 bits per heavy atom. The minimum absolute atomic E-state index is 0.0713. The zero-order valence-electron chi connectivity index (χ0n) is 11.1. The van der Waals surface area contributed by atoms with Crippen molar-refractivity contribution in [1.29, 1.82) is 0 Å². The van der Waals surface area contributed by atoms with E-state index in [1.165, 1.54) is 17.0 Å². The number of carbonyl (C=O) groups excluding carboxylic acids is 1. The maximum absolute atomic E-state index is 12.3. The van der Waals surface area contributed by atoms with Crippen LogP contribution in [-0.4, -0.2) is 29.1 Å². The lowest BCUT2D eigenvalue weighted by Crippen LogP contribution is -2.29. The van der Waals surface area contributed by atoms with Crippen molar-refractivity contribution in [3.63, 3.8) is 0 Å². The van der Waals surface area contributed by atoms with Crippen LogP contribution in [0.15, 0.2) is 24.3 Å². The summed E-state index contributed by atoms with van der Waals surface area (Å²) in [4.78, 5) is 24.8. The largest absolute Gasteiger partial charge is 0.508 e. The molecule has 0 aliphatic heterocycles. The normalized spacial score (nSPS) is 23.7. The monoisotopic (exact) mass is 263 g/mol. The smallest absolute Gasteiger partial charge is 0.307 e. The molecular formula is C14H17NO4. The fourth-order valence-corrected chi connectivity index (χ4v) is 2.60. The molecule has 0 saturated heterocycles. The summed E-state index contributed by atoms with van der Waals surface area (Å²) in [6, 6.07) is 6.33. The molecule has 1 amide bonds. The summed E-state index contributed by atoms with van der Waals surface area (Å²) < 4.78 is 0. The first-order valence-electron chi connectivity index (χ1n) is 6.06. The number of carboxylic acid groups (broad SMARTS) is 1. The highest BCUT2D eigenvalue weighted by Gasteiger charge is 2.66. The summed E-state index contributed by atoms with van der Waals surface area (Å²) in [5, 5.41) is 18.5. The number of anilines is 1. The van der Waals surface area contributed by atoms with Crippen molar-refractivity contribution in [2.24, 2.45) is 17.3 Å². The first-order valence-corrected chi connectivity index (χ1v) is 6.06. The van der Waals surface area contributed by atoms with Gasteiger partial charge in [0.1, 0.15) is 5.75 Å². The highest BCUT2D eigenvalue weighted by Crippen LogP contribution is 2.59. The number of aliphatic carboxylic acids is 1. The second kappa shape index (κ2) is 4.26. The molecule has 1 saturated carbocycles. The van der Waals surface area contributed by atoms with Gasteiger partial charge in [0, 0.05) is 18.8 Å². The van der Waals surface area contributed by atoms with Crippen molar-refractivity contribution in [2.75, 3.05) is 11.9 Å². The molecule has 5 nitrogen and oxygen atoms in total. The Balaban J connectivity index is 2.20. The number of amides is 1. The minimum atomic E-state index is -0.937. The molecule has 0 radical (unpaired) electrons. The maximum atomic E-state index is 12.3. The number of hydrogen-bond donors (Lipinski definition) is 2. The second-order valence-corrected chi connectivity index (χ2v) is 5.53. The molecule has 19 heavy (non-hydrogen) atoms. The van der Waals surface area contributed by atoms with Gasteiger partial charge in [-0.1, -0.05) is 19.9 Å². The number of carboxylic acids is 1. The highest BCUT2D eigenvalue weighted by molar-refractivity contribution is 6.01. The molecule has 2 rings (SSSR count). The molecule has 1 fully saturated rings.